The molecule has 2 heterocycles. The lowest BCUT2D eigenvalue weighted by molar-refractivity contribution is -0.132. The molecule has 0 bridgehead atoms. The van der Waals surface area contributed by atoms with E-state index < -0.39 is 35.1 Å². The van der Waals surface area contributed by atoms with Crippen LogP contribution in [-0.2, 0) is 9.59 Å². The number of hydrogen-bond acceptors (Lipinski definition) is 5. The Morgan fingerprint density at radius 1 is 1.12 bits per heavy atom. The van der Waals surface area contributed by atoms with E-state index in [-0.39, 0.29) is 27.6 Å². The number of benzene rings is 2. The average molecular weight is 490 g/mol. The van der Waals surface area contributed by atoms with Gasteiger partial charge >= 0.3 is 0 Å². The predicted molar refractivity (Wildman–Crippen MR) is 123 cm³/mol. The summed E-state index contributed by atoms with van der Waals surface area (Å²) < 4.78 is 32.9. The van der Waals surface area contributed by atoms with Crippen LogP contribution in [0.1, 0.15) is 27.6 Å². The molecule has 3 aromatic rings. The van der Waals surface area contributed by atoms with Gasteiger partial charge in [-0.05, 0) is 60.7 Å². The van der Waals surface area contributed by atoms with Crippen LogP contribution in [-0.4, -0.2) is 23.9 Å². The second-order valence-electron chi connectivity index (χ2n) is 7.56. The minimum Gasteiger partial charge on any atom is -0.507 e. The minimum atomic E-state index is -1.16. The number of nitrogens with zero attached hydrogens (tertiary/aromatic N) is 1. The molecule has 1 amide bonds. The lowest BCUT2D eigenvalue weighted by atomic mass is 9.97. The van der Waals surface area contributed by atoms with Crippen LogP contribution in [0.5, 0.6) is 5.75 Å². The second-order valence-corrected chi connectivity index (χ2v) is 8.92. The number of amides is 1. The molecule has 1 aliphatic rings. The first-order valence-electron chi connectivity index (χ1n) is 9.80. The fourth-order valence-corrected chi connectivity index (χ4v) is 5.28. The van der Waals surface area contributed by atoms with Gasteiger partial charge in [0.25, 0.3) is 11.7 Å². The number of aryl methyl sites for hydroxylation is 2. The zero-order valence-corrected chi connectivity index (χ0v) is 19.4. The van der Waals surface area contributed by atoms with Crippen molar-refractivity contribution in [3.8, 4) is 5.75 Å². The molecule has 4 rings (SSSR count). The molecule has 1 unspecified atom stereocenters. The van der Waals surface area contributed by atoms with Crippen LogP contribution < -0.4 is 9.64 Å². The predicted octanol–water partition coefficient (Wildman–Crippen LogP) is 5.93. The summed E-state index contributed by atoms with van der Waals surface area (Å²) in [6, 6.07) is 6.91. The van der Waals surface area contributed by atoms with Gasteiger partial charge in [-0.2, -0.15) is 0 Å². The highest BCUT2D eigenvalue weighted by Gasteiger charge is 2.48. The van der Waals surface area contributed by atoms with E-state index in [2.05, 4.69) is 0 Å². The standard InChI is InChI=1S/C24H18ClF2NO4S/c1-11-8-14(22(32-3)15(25)9-11)20(29)18-19(23-12(2)6-7-33-23)28(24(31)21(18)30)13-4-5-16(26)17(27)10-13/h4-10,19,29H,1-3H3/b20-18+. The smallest absolute Gasteiger partial charge is 0.300 e. The normalized spacial score (nSPS) is 17.6. The topological polar surface area (TPSA) is 66.8 Å². The van der Waals surface area contributed by atoms with Gasteiger partial charge in [0, 0.05) is 16.6 Å². The number of rotatable bonds is 4. The number of halogens is 3. The highest BCUT2D eigenvalue weighted by Crippen LogP contribution is 2.46. The Hall–Kier alpha value is -3.23. The molecule has 5 nitrogen and oxygen atoms in total. The van der Waals surface area contributed by atoms with Gasteiger partial charge in [0.1, 0.15) is 17.6 Å². The van der Waals surface area contributed by atoms with Crippen molar-refractivity contribution in [2.75, 3.05) is 12.0 Å². The van der Waals surface area contributed by atoms with Gasteiger partial charge in [0.2, 0.25) is 0 Å². The maximum atomic E-state index is 14.0. The highest BCUT2D eigenvalue weighted by atomic mass is 35.5. The molecule has 1 N–H and O–H groups in total. The fourth-order valence-electron chi connectivity index (χ4n) is 3.90. The van der Waals surface area contributed by atoms with Crippen LogP contribution in [0.3, 0.4) is 0 Å². The van der Waals surface area contributed by atoms with Crippen molar-refractivity contribution < 1.29 is 28.2 Å². The zero-order valence-electron chi connectivity index (χ0n) is 17.8. The van der Waals surface area contributed by atoms with Gasteiger partial charge in [-0.3, -0.25) is 14.5 Å². The van der Waals surface area contributed by atoms with Gasteiger partial charge in [0.15, 0.2) is 11.6 Å². The number of carbonyl (C=O) groups excluding carboxylic acids is 2. The molecule has 170 valence electrons. The lowest BCUT2D eigenvalue weighted by Gasteiger charge is -2.25. The largest absolute Gasteiger partial charge is 0.507 e. The van der Waals surface area contributed by atoms with Crippen molar-refractivity contribution in [1.29, 1.82) is 0 Å². The maximum Gasteiger partial charge on any atom is 0.300 e. The van der Waals surface area contributed by atoms with Gasteiger partial charge in [0.05, 0.1) is 23.3 Å². The number of aliphatic hydroxyl groups excluding tert-OH is 1. The molecule has 9 heteroatoms. The molecular weight excluding hydrogens is 472 g/mol. The van der Waals surface area contributed by atoms with E-state index in [0.29, 0.717) is 10.4 Å². The Kier molecular flexibility index (Phi) is 5.99. The van der Waals surface area contributed by atoms with E-state index in [4.69, 9.17) is 16.3 Å². The van der Waals surface area contributed by atoms with Crippen molar-refractivity contribution in [2.45, 2.75) is 19.9 Å². The van der Waals surface area contributed by atoms with E-state index in [9.17, 15) is 23.5 Å². The summed E-state index contributed by atoms with van der Waals surface area (Å²) in [6.07, 6.45) is 0. The number of ether oxygens (including phenoxy) is 1. The molecule has 33 heavy (non-hydrogen) atoms. The summed E-state index contributed by atoms with van der Waals surface area (Å²) in [6.45, 7) is 3.55. The van der Waals surface area contributed by atoms with Crippen molar-refractivity contribution in [1.82, 2.24) is 0 Å². The third-order valence-corrected chi connectivity index (χ3v) is 6.78. The van der Waals surface area contributed by atoms with Crippen LogP contribution in [0, 0.1) is 25.5 Å². The number of carbonyl (C=O) groups is 2. The average Bonchev–Trinajstić information content (AvgIpc) is 3.29. The van der Waals surface area contributed by atoms with Crippen LogP contribution in [0.4, 0.5) is 14.5 Å². The van der Waals surface area contributed by atoms with Gasteiger partial charge < -0.3 is 9.84 Å². The maximum absolute atomic E-state index is 14.0. The summed E-state index contributed by atoms with van der Waals surface area (Å²) in [4.78, 5) is 28.0. The van der Waals surface area contributed by atoms with Crippen molar-refractivity contribution in [3.05, 3.63) is 85.6 Å². The Morgan fingerprint density at radius 2 is 1.85 bits per heavy atom. The van der Waals surface area contributed by atoms with Crippen LogP contribution in [0.25, 0.3) is 5.76 Å². The summed E-state index contributed by atoms with van der Waals surface area (Å²) in [5, 5.41) is 13.3. The van der Waals surface area contributed by atoms with Crippen LogP contribution in [0.15, 0.2) is 47.4 Å². The molecule has 1 aromatic heterocycles. The van der Waals surface area contributed by atoms with Crippen molar-refractivity contribution in [2.24, 2.45) is 0 Å². The zero-order chi connectivity index (χ0) is 24.0. The number of hydrogen-bond donors (Lipinski definition) is 1. The molecule has 2 aromatic carbocycles. The molecule has 0 spiro atoms. The van der Waals surface area contributed by atoms with E-state index in [1.54, 1.807) is 37.4 Å². The molecule has 0 radical (unpaired) electrons. The fraction of sp³-hybridized carbons (Fsp3) is 0.167. The number of methoxy groups -OCH3 is 1. The molecule has 1 aliphatic heterocycles. The second kappa shape index (κ2) is 8.61. The molecule has 1 atom stereocenters. The number of aliphatic hydroxyl groups is 1. The Bertz CT molecular complexity index is 1330. The van der Waals surface area contributed by atoms with Crippen molar-refractivity contribution >= 4 is 46.1 Å². The van der Waals surface area contributed by atoms with Crippen LogP contribution in [0.2, 0.25) is 5.02 Å². The third kappa shape index (κ3) is 3.79. The SMILES string of the molecule is COc1c(Cl)cc(C)cc1/C(O)=C1\C(=O)C(=O)N(c2ccc(F)c(F)c2)C1c1sccc1C. The summed E-state index contributed by atoms with van der Waals surface area (Å²) in [5.41, 5.74) is 1.39. The number of anilines is 1. The highest BCUT2D eigenvalue weighted by molar-refractivity contribution is 7.10. The summed E-state index contributed by atoms with van der Waals surface area (Å²) >= 11 is 7.55. The van der Waals surface area contributed by atoms with E-state index in [0.717, 1.165) is 22.6 Å². The quantitative estimate of drug-likeness (QED) is 0.280. The minimum absolute atomic E-state index is 0.0120. The first kappa shape index (κ1) is 22.9. The van der Waals surface area contributed by atoms with E-state index in [1.807, 2.05) is 0 Å². The first-order valence-corrected chi connectivity index (χ1v) is 11.1. The molecule has 0 saturated carbocycles. The van der Waals surface area contributed by atoms with Gasteiger partial charge in [-0.1, -0.05) is 11.6 Å². The van der Waals surface area contributed by atoms with Crippen LogP contribution >= 0.6 is 22.9 Å². The van der Waals surface area contributed by atoms with Crippen molar-refractivity contribution in [3.63, 3.8) is 0 Å². The van der Waals surface area contributed by atoms with E-state index >= 15 is 0 Å². The first-order chi connectivity index (χ1) is 15.6. The number of ketones is 1. The lowest BCUT2D eigenvalue weighted by Crippen LogP contribution is -2.29. The van der Waals surface area contributed by atoms with E-state index in [1.165, 1.54) is 24.5 Å². The number of thiophene rings is 1. The van der Waals surface area contributed by atoms with Gasteiger partial charge in [-0.15, -0.1) is 11.3 Å². The Balaban J connectivity index is 2.02. The molecule has 0 aliphatic carbocycles. The number of Topliss-reactive ketones (excluding diaryl/α,β-unsaturated/α-hetero) is 1. The summed E-state index contributed by atoms with van der Waals surface area (Å²) in [7, 11) is 1.37. The Labute approximate surface area is 197 Å². The summed E-state index contributed by atoms with van der Waals surface area (Å²) in [5.74, 6) is -4.52. The monoisotopic (exact) mass is 489 g/mol. The third-order valence-electron chi connectivity index (χ3n) is 5.42. The van der Waals surface area contributed by atoms with Gasteiger partial charge in [-0.25, -0.2) is 8.78 Å². The Morgan fingerprint density at radius 3 is 2.45 bits per heavy atom. The molecular formula is C24H18ClF2NO4S. The molecule has 1 fully saturated rings. The molecule has 1 saturated heterocycles.